The van der Waals surface area contributed by atoms with Crippen LogP contribution in [0, 0.1) is 12.3 Å². The van der Waals surface area contributed by atoms with E-state index in [-0.39, 0.29) is 11.8 Å². The lowest BCUT2D eigenvalue weighted by Crippen LogP contribution is -2.45. The van der Waals surface area contributed by atoms with E-state index < -0.39 is 29.6 Å². The van der Waals surface area contributed by atoms with Gasteiger partial charge in [0.2, 0.25) is 11.8 Å². The second-order valence-corrected chi connectivity index (χ2v) is 10.8. The number of hydrogen-bond acceptors (Lipinski definition) is 9. The van der Waals surface area contributed by atoms with Crippen molar-refractivity contribution in [3.63, 3.8) is 0 Å². The lowest BCUT2D eigenvalue weighted by Gasteiger charge is -2.37. The quantitative estimate of drug-likeness (QED) is 0.154. The third-order valence-electron chi connectivity index (χ3n) is 8.28. The van der Waals surface area contributed by atoms with E-state index in [1.54, 1.807) is 7.11 Å². The van der Waals surface area contributed by atoms with Gasteiger partial charge >= 0.3 is 0 Å². The first-order valence-corrected chi connectivity index (χ1v) is 14.8. The van der Waals surface area contributed by atoms with Crippen molar-refractivity contribution in [1.29, 1.82) is 0 Å². The second-order valence-electron chi connectivity index (χ2n) is 10.8. The fourth-order valence-electron chi connectivity index (χ4n) is 5.98. The molecule has 1 aliphatic rings. The first kappa shape index (κ1) is 30.1. The zero-order valence-corrected chi connectivity index (χ0v) is 25.3. The molecule has 0 spiro atoms. The number of terminal acetylenes is 1. The van der Waals surface area contributed by atoms with Crippen molar-refractivity contribution in [2.75, 3.05) is 19.0 Å². The van der Waals surface area contributed by atoms with Gasteiger partial charge in [-0.25, -0.2) is 4.98 Å². The molecule has 0 bridgehead atoms. The molecule has 2 aromatic heterocycles. The molecule has 0 aliphatic carbocycles. The molecule has 1 saturated heterocycles. The molecule has 0 amide bonds. The van der Waals surface area contributed by atoms with Gasteiger partial charge in [-0.15, -0.1) is 6.42 Å². The predicted octanol–water partition coefficient (Wildman–Crippen LogP) is 4.67. The Labute approximate surface area is 261 Å². The number of ether oxygens (including phenoxy) is 3. The maximum absolute atomic E-state index is 11.4. The molecule has 3 N–H and O–H groups in total. The summed E-state index contributed by atoms with van der Waals surface area (Å²) in [6.45, 7) is 4.03. The molecule has 6 rings (SSSR count). The zero-order chi connectivity index (χ0) is 31.6. The molecule has 1 unspecified atom stereocenters. The van der Waals surface area contributed by atoms with E-state index in [4.69, 9.17) is 30.6 Å². The normalized spacial score (nSPS) is 21.4. The highest BCUT2D eigenvalue weighted by atomic mass is 16.6. The minimum absolute atomic E-state index is 0.228. The topological polar surface area (TPSA) is 124 Å². The van der Waals surface area contributed by atoms with Gasteiger partial charge in [0.05, 0.1) is 26.1 Å². The summed E-state index contributed by atoms with van der Waals surface area (Å²) in [6, 6.07) is 27.9. The van der Waals surface area contributed by atoms with Gasteiger partial charge in [0.15, 0.2) is 23.0 Å². The molecule has 3 heterocycles. The molecule has 0 radical (unpaired) electrons. The van der Waals surface area contributed by atoms with Crippen molar-refractivity contribution in [1.82, 2.24) is 19.5 Å². The van der Waals surface area contributed by atoms with Crippen molar-refractivity contribution >= 4 is 17.1 Å². The zero-order valence-electron chi connectivity index (χ0n) is 25.3. The summed E-state index contributed by atoms with van der Waals surface area (Å²) < 4.78 is 19.1. The predicted molar refractivity (Wildman–Crippen MR) is 170 cm³/mol. The Morgan fingerprint density at radius 2 is 1.60 bits per heavy atom. The molecule has 230 valence electrons. The number of methoxy groups -OCH3 is 1. The SMILES string of the molecule is C#C[C@]1(O)C(n2cnc3c(OCC)nc(NC(c4ccccc4)(c4ccccc4)c4ccc(OC)cc4)nc32)O[C@H](CC)[C@H]1O. The van der Waals surface area contributed by atoms with Crippen LogP contribution >= 0.6 is 0 Å². The Kier molecular flexibility index (Phi) is 8.16. The summed E-state index contributed by atoms with van der Waals surface area (Å²) in [7, 11) is 1.63. The highest BCUT2D eigenvalue weighted by Gasteiger charge is 2.55. The average Bonchev–Trinajstić information content (AvgIpc) is 3.62. The van der Waals surface area contributed by atoms with Crippen LogP contribution in [0.15, 0.2) is 91.3 Å². The number of rotatable bonds is 10. The number of hydrogen-bond donors (Lipinski definition) is 3. The number of fused-ring (bicyclic) bond motifs is 1. The minimum atomic E-state index is -2.01. The van der Waals surface area contributed by atoms with Crippen molar-refractivity contribution < 1.29 is 24.4 Å². The van der Waals surface area contributed by atoms with E-state index in [1.807, 2.05) is 98.8 Å². The number of anilines is 1. The van der Waals surface area contributed by atoms with Crippen LogP contribution < -0.4 is 14.8 Å². The van der Waals surface area contributed by atoms with Crippen LogP contribution in [0.1, 0.15) is 43.2 Å². The lowest BCUT2D eigenvalue weighted by atomic mass is 9.77. The Balaban J connectivity index is 1.58. The number of benzene rings is 3. The van der Waals surface area contributed by atoms with Crippen molar-refractivity contribution in [2.24, 2.45) is 0 Å². The van der Waals surface area contributed by atoms with Crippen LogP contribution in [0.3, 0.4) is 0 Å². The first-order valence-electron chi connectivity index (χ1n) is 14.8. The Morgan fingerprint density at radius 3 is 2.16 bits per heavy atom. The van der Waals surface area contributed by atoms with E-state index in [0.29, 0.717) is 24.2 Å². The molecule has 5 aromatic rings. The highest BCUT2D eigenvalue weighted by molar-refractivity contribution is 5.78. The number of aliphatic hydroxyl groups excluding tert-OH is 1. The smallest absolute Gasteiger partial charge is 0.247 e. The van der Waals surface area contributed by atoms with Gasteiger partial charge in [0.25, 0.3) is 0 Å². The Morgan fingerprint density at radius 1 is 0.978 bits per heavy atom. The van der Waals surface area contributed by atoms with Gasteiger partial charge in [-0.1, -0.05) is 85.6 Å². The van der Waals surface area contributed by atoms with Gasteiger partial charge < -0.3 is 29.7 Å². The summed E-state index contributed by atoms with van der Waals surface area (Å²) in [5.74, 6) is 3.54. The molecular weight excluding hydrogens is 570 g/mol. The van der Waals surface area contributed by atoms with Crippen LogP contribution in [0.4, 0.5) is 5.95 Å². The van der Waals surface area contributed by atoms with E-state index in [0.717, 1.165) is 22.4 Å². The van der Waals surface area contributed by atoms with Crippen LogP contribution in [0.25, 0.3) is 11.2 Å². The summed E-state index contributed by atoms with van der Waals surface area (Å²) in [5, 5.41) is 26.0. The van der Waals surface area contributed by atoms with Crippen LogP contribution in [-0.4, -0.2) is 61.3 Å². The third kappa shape index (κ3) is 5.05. The Hall–Kier alpha value is -4.95. The molecule has 4 atom stereocenters. The molecule has 10 heteroatoms. The summed E-state index contributed by atoms with van der Waals surface area (Å²) in [5.41, 5.74) is 0.462. The molecule has 45 heavy (non-hydrogen) atoms. The number of aromatic nitrogens is 4. The number of nitrogens with one attached hydrogen (secondary N) is 1. The van der Waals surface area contributed by atoms with E-state index in [9.17, 15) is 10.2 Å². The third-order valence-corrected chi connectivity index (χ3v) is 8.28. The van der Waals surface area contributed by atoms with Crippen LogP contribution in [0.5, 0.6) is 11.6 Å². The molecule has 0 saturated carbocycles. The van der Waals surface area contributed by atoms with Gasteiger partial charge in [0.1, 0.15) is 17.4 Å². The molecular formula is C35H35N5O5. The molecule has 10 nitrogen and oxygen atoms in total. The molecule has 1 fully saturated rings. The first-order chi connectivity index (χ1) is 21.9. The average molecular weight is 606 g/mol. The van der Waals surface area contributed by atoms with Crippen molar-refractivity contribution in [3.8, 4) is 24.0 Å². The van der Waals surface area contributed by atoms with Crippen molar-refractivity contribution in [2.45, 2.75) is 49.8 Å². The van der Waals surface area contributed by atoms with E-state index in [1.165, 1.54) is 10.9 Å². The lowest BCUT2D eigenvalue weighted by molar-refractivity contribution is -0.0684. The largest absolute Gasteiger partial charge is 0.497 e. The maximum atomic E-state index is 11.4. The highest BCUT2D eigenvalue weighted by Crippen LogP contribution is 2.43. The van der Waals surface area contributed by atoms with Gasteiger partial charge in [-0.2, -0.15) is 9.97 Å². The summed E-state index contributed by atoms with van der Waals surface area (Å²) in [6.07, 6.45) is 4.54. The molecule has 1 aliphatic heterocycles. The van der Waals surface area contributed by atoms with Gasteiger partial charge in [0, 0.05) is 0 Å². The van der Waals surface area contributed by atoms with Crippen LogP contribution in [0.2, 0.25) is 0 Å². The minimum Gasteiger partial charge on any atom is -0.497 e. The van der Waals surface area contributed by atoms with E-state index in [2.05, 4.69) is 16.2 Å². The molecule has 3 aromatic carbocycles. The Bertz CT molecular complexity index is 1770. The summed E-state index contributed by atoms with van der Waals surface area (Å²) >= 11 is 0. The number of nitrogens with zero attached hydrogens (tertiary/aromatic N) is 4. The van der Waals surface area contributed by atoms with Gasteiger partial charge in [-0.3, -0.25) is 4.57 Å². The van der Waals surface area contributed by atoms with E-state index >= 15 is 0 Å². The van der Waals surface area contributed by atoms with Crippen molar-refractivity contribution in [3.05, 3.63) is 108 Å². The fraction of sp³-hybridized carbons (Fsp3) is 0.286. The summed E-state index contributed by atoms with van der Waals surface area (Å²) in [4.78, 5) is 14.2. The van der Waals surface area contributed by atoms with Gasteiger partial charge in [-0.05, 0) is 42.2 Å². The fourth-order valence-corrected chi connectivity index (χ4v) is 5.98. The maximum Gasteiger partial charge on any atom is 0.247 e. The van der Waals surface area contributed by atoms with Crippen LogP contribution in [-0.2, 0) is 10.3 Å². The number of imidazole rings is 1. The number of aliphatic hydroxyl groups is 2. The second kappa shape index (κ2) is 12.2. The monoisotopic (exact) mass is 605 g/mol. The standard InChI is InChI=1S/C35H35N5O5/c1-5-27-29(41)34(42,6-2)32(45-27)40-22-36-28-30(40)37-33(38-31(28)44-7-3)39-35(23-14-10-8-11-15-23,24-16-12-9-13-17-24)25-18-20-26(43-4)21-19-25/h2,8-22,27,29,32,41-42H,5,7H2,1,3-4H3,(H,37,38,39)/t27-,29-,32?,34-/m1/s1.